The van der Waals surface area contributed by atoms with E-state index in [4.69, 9.17) is 4.74 Å². The summed E-state index contributed by atoms with van der Waals surface area (Å²) in [5.74, 6) is 2.11. The number of nitrogens with one attached hydrogen (secondary N) is 1. The fourth-order valence-electron chi connectivity index (χ4n) is 1.65. The molecule has 1 atom stereocenters. The molecule has 2 rings (SSSR count). The van der Waals surface area contributed by atoms with Gasteiger partial charge in [-0.25, -0.2) is 4.79 Å². The second-order valence-corrected chi connectivity index (χ2v) is 6.49. The number of carbonyl (C=O) groups excluding carboxylic acids is 1. The predicted molar refractivity (Wildman–Crippen MR) is 64.7 cm³/mol. The Bertz CT molecular complexity index is 331. The van der Waals surface area contributed by atoms with E-state index in [0.717, 1.165) is 19.4 Å². The summed E-state index contributed by atoms with van der Waals surface area (Å²) < 4.78 is 4.99. The molecular weight excluding hydrogens is 209 g/mol. The van der Waals surface area contributed by atoms with Crippen LogP contribution in [0.2, 0.25) is 0 Å². The maximum atomic E-state index is 11.5. The molecule has 0 amide bonds. The fraction of sp³-hybridized carbons (Fsp3) is 0.636. The standard InChI is InChI=1S/C11H18NO2P/c1-3-14-10(13)9(2)11(4-5-11)8-12-15-6-7-15/h6,12,15H,2-5,7-8H2,1H3. The molecule has 0 aromatic heterocycles. The Balaban J connectivity index is 1.87. The van der Waals surface area contributed by atoms with Crippen LogP contribution in [0.1, 0.15) is 19.8 Å². The molecule has 0 spiro atoms. The van der Waals surface area contributed by atoms with Crippen molar-refractivity contribution >= 4 is 19.5 Å². The van der Waals surface area contributed by atoms with Gasteiger partial charge in [0.2, 0.25) is 0 Å². The maximum absolute atomic E-state index is 11.5. The predicted octanol–water partition coefficient (Wildman–Crippen LogP) is 1.42. The van der Waals surface area contributed by atoms with Crippen molar-refractivity contribution in [2.24, 2.45) is 5.41 Å². The topological polar surface area (TPSA) is 38.3 Å². The van der Waals surface area contributed by atoms with Gasteiger partial charge in [0.1, 0.15) is 0 Å². The van der Waals surface area contributed by atoms with Crippen LogP contribution in [0.3, 0.4) is 0 Å². The average molecular weight is 227 g/mol. The van der Waals surface area contributed by atoms with Gasteiger partial charge in [-0.1, -0.05) is 20.1 Å². The molecule has 0 saturated heterocycles. The normalized spacial score (nSPS) is 25.3. The van der Waals surface area contributed by atoms with Crippen LogP contribution < -0.4 is 5.09 Å². The lowest BCUT2D eigenvalue weighted by Gasteiger charge is -2.17. The molecule has 2 aliphatic rings. The molecule has 1 saturated carbocycles. The summed E-state index contributed by atoms with van der Waals surface area (Å²) >= 11 is 0. The highest BCUT2D eigenvalue weighted by Crippen LogP contribution is 2.52. The van der Waals surface area contributed by atoms with Gasteiger partial charge in [-0.05, 0) is 25.9 Å². The van der Waals surface area contributed by atoms with Gasteiger partial charge in [0.15, 0.2) is 0 Å². The molecule has 1 N–H and O–H groups in total. The van der Waals surface area contributed by atoms with E-state index < -0.39 is 0 Å². The summed E-state index contributed by atoms with van der Waals surface area (Å²) in [7, 11) is -0.316. The largest absolute Gasteiger partial charge is 0.463 e. The lowest BCUT2D eigenvalue weighted by atomic mass is 9.98. The van der Waals surface area contributed by atoms with Crippen molar-refractivity contribution in [3.63, 3.8) is 0 Å². The van der Waals surface area contributed by atoms with Crippen molar-refractivity contribution < 1.29 is 9.53 Å². The number of rotatable bonds is 6. The van der Waals surface area contributed by atoms with Crippen molar-refractivity contribution in [3.05, 3.63) is 12.2 Å². The third kappa shape index (κ3) is 2.53. The first-order valence-electron chi connectivity index (χ1n) is 5.47. The lowest BCUT2D eigenvalue weighted by molar-refractivity contribution is -0.139. The Morgan fingerprint density at radius 1 is 1.67 bits per heavy atom. The second-order valence-electron chi connectivity index (χ2n) is 4.27. The molecule has 4 heteroatoms. The Labute approximate surface area is 91.3 Å². The van der Waals surface area contributed by atoms with Gasteiger partial charge in [-0.2, -0.15) is 0 Å². The van der Waals surface area contributed by atoms with Gasteiger partial charge in [-0.15, -0.1) is 0 Å². The van der Waals surface area contributed by atoms with E-state index in [1.165, 1.54) is 6.16 Å². The molecule has 1 unspecified atom stereocenters. The zero-order valence-corrected chi connectivity index (χ0v) is 10.1. The summed E-state index contributed by atoms with van der Waals surface area (Å²) in [6, 6.07) is 0. The van der Waals surface area contributed by atoms with Crippen LogP contribution in [-0.2, 0) is 9.53 Å². The quantitative estimate of drug-likeness (QED) is 0.423. The van der Waals surface area contributed by atoms with Crippen LogP contribution in [0.25, 0.3) is 0 Å². The SMILES string of the molecule is C=C(C(=O)OCC)C1(CN[PH]2=CC2)CC1. The summed E-state index contributed by atoms with van der Waals surface area (Å²) in [5, 5.41) is 3.51. The van der Waals surface area contributed by atoms with Gasteiger partial charge in [0.05, 0.1) is 6.61 Å². The van der Waals surface area contributed by atoms with Crippen molar-refractivity contribution in [2.45, 2.75) is 19.8 Å². The van der Waals surface area contributed by atoms with Crippen LogP contribution >= 0.6 is 7.70 Å². The van der Waals surface area contributed by atoms with Crippen molar-refractivity contribution in [3.8, 4) is 0 Å². The number of ether oxygens (including phenoxy) is 1. The van der Waals surface area contributed by atoms with E-state index in [9.17, 15) is 4.79 Å². The number of esters is 1. The van der Waals surface area contributed by atoms with Crippen LogP contribution in [0, 0.1) is 5.41 Å². The molecule has 1 aliphatic carbocycles. The smallest absolute Gasteiger partial charge is 0.334 e. The first-order valence-corrected chi connectivity index (χ1v) is 7.26. The molecular formula is C11H18NO2P. The Morgan fingerprint density at radius 3 is 2.80 bits per heavy atom. The van der Waals surface area contributed by atoms with E-state index >= 15 is 0 Å². The van der Waals surface area contributed by atoms with Crippen molar-refractivity contribution in [2.75, 3.05) is 19.3 Å². The van der Waals surface area contributed by atoms with E-state index in [2.05, 4.69) is 17.5 Å². The van der Waals surface area contributed by atoms with Gasteiger partial charge in [0, 0.05) is 17.5 Å². The van der Waals surface area contributed by atoms with Crippen molar-refractivity contribution in [1.29, 1.82) is 0 Å². The molecule has 0 radical (unpaired) electrons. The molecule has 0 aromatic rings. The highest BCUT2D eigenvalue weighted by molar-refractivity contribution is 7.65. The van der Waals surface area contributed by atoms with Crippen LogP contribution in [0.4, 0.5) is 0 Å². The molecule has 0 aromatic carbocycles. The summed E-state index contributed by atoms with van der Waals surface area (Å²) in [6.45, 7) is 7.07. The molecule has 15 heavy (non-hydrogen) atoms. The average Bonchev–Trinajstić information content (AvgIpc) is 3.09. The second kappa shape index (κ2) is 4.15. The molecule has 84 valence electrons. The minimum absolute atomic E-state index is 0.0281. The van der Waals surface area contributed by atoms with Crippen molar-refractivity contribution in [1.82, 2.24) is 5.09 Å². The third-order valence-corrected chi connectivity index (χ3v) is 4.53. The lowest BCUT2D eigenvalue weighted by Crippen LogP contribution is -2.24. The zero-order chi connectivity index (χ0) is 10.9. The van der Waals surface area contributed by atoms with E-state index in [0.29, 0.717) is 12.2 Å². The van der Waals surface area contributed by atoms with E-state index in [-0.39, 0.29) is 19.1 Å². The molecule has 3 nitrogen and oxygen atoms in total. The first kappa shape index (κ1) is 11.0. The molecule has 1 aliphatic heterocycles. The third-order valence-electron chi connectivity index (χ3n) is 3.08. The van der Waals surface area contributed by atoms with E-state index in [1.54, 1.807) is 0 Å². The summed E-state index contributed by atoms with van der Waals surface area (Å²) in [4.78, 5) is 11.5. The minimum atomic E-state index is -0.316. The van der Waals surface area contributed by atoms with Gasteiger partial charge < -0.3 is 4.74 Å². The molecule has 1 fully saturated rings. The fourth-order valence-corrected chi connectivity index (χ4v) is 2.91. The molecule has 0 bridgehead atoms. The van der Waals surface area contributed by atoms with Gasteiger partial charge >= 0.3 is 5.97 Å². The zero-order valence-electron chi connectivity index (χ0n) is 9.14. The Kier molecular flexibility index (Phi) is 3.03. The van der Waals surface area contributed by atoms with E-state index in [1.807, 2.05) is 6.92 Å². The number of hydrogen-bond acceptors (Lipinski definition) is 3. The van der Waals surface area contributed by atoms with Crippen LogP contribution in [-0.4, -0.2) is 31.1 Å². The van der Waals surface area contributed by atoms with Gasteiger partial charge in [-0.3, -0.25) is 5.09 Å². The number of hydrogen-bond donors (Lipinski definition) is 1. The Morgan fingerprint density at radius 2 is 2.33 bits per heavy atom. The monoisotopic (exact) mass is 227 g/mol. The van der Waals surface area contributed by atoms with Crippen LogP contribution in [0.5, 0.6) is 0 Å². The number of carbonyl (C=O) groups is 1. The van der Waals surface area contributed by atoms with Crippen LogP contribution in [0.15, 0.2) is 12.2 Å². The highest BCUT2D eigenvalue weighted by atomic mass is 31.1. The first-order chi connectivity index (χ1) is 7.18. The maximum Gasteiger partial charge on any atom is 0.334 e. The summed E-state index contributed by atoms with van der Waals surface area (Å²) in [5.41, 5.74) is 0.695. The minimum Gasteiger partial charge on any atom is -0.463 e. The van der Waals surface area contributed by atoms with Gasteiger partial charge in [0.25, 0.3) is 0 Å². The summed E-state index contributed by atoms with van der Waals surface area (Å²) in [6.07, 6.45) is 3.41. The Hall–Kier alpha value is -0.530. The molecule has 1 heterocycles. The highest BCUT2D eigenvalue weighted by Gasteiger charge is 2.48.